The Hall–Kier alpha value is -2.41. The van der Waals surface area contributed by atoms with Crippen LogP contribution in [0.5, 0.6) is 5.75 Å². The first kappa shape index (κ1) is 15.1. The van der Waals surface area contributed by atoms with Crippen molar-refractivity contribution in [1.29, 1.82) is 0 Å². The van der Waals surface area contributed by atoms with E-state index in [0.717, 1.165) is 30.6 Å². The van der Waals surface area contributed by atoms with Gasteiger partial charge in [0.15, 0.2) is 17.3 Å². The van der Waals surface area contributed by atoms with Crippen LogP contribution in [0.25, 0.3) is 0 Å². The highest BCUT2D eigenvalue weighted by Crippen LogP contribution is 2.33. The van der Waals surface area contributed by atoms with Gasteiger partial charge in [0.1, 0.15) is 0 Å². The summed E-state index contributed by atoms with van der Waals surface area (Å²) < 4.78 is 19.5. The number of rotatable bonds is 2. The van der Waals surface area contributed by atoms with Crippen LogP contribution in [0.4, 0.5) is 4.39 Å². The maximum Gasteiger partial charge on any atom is 0.272 e. The summed E-state index contributed by atoms with van der Waals surface area (Å²) >= 11 is 0. The van der Waals surface area contributed by atoms with E-state index in [1.54, 1.807) is 12.1 Å². The van der Waals surface area contributed by atoms with Crippen molar-refractivity contribution < 1.29 is 13.9 Å². The van der Waals surface area contributed by atoms with Gasteiger partial charge in [0.25, 0.3) is 5.91 Å². The molecule has 24 heavy (non-hydrogen) atoms. The number of nitrogens with zero attached hydrogens (tertiary/aromatic N) is 1. The molecule has 0 saturated heterocycles. The van der Waals surface area contributed by atoms with Crippen LogP contribution in [0.1, 0.15) is 46.2 Å². The van der Waals surface area contributed by atoms with E-state index in [-0.39, 0.29) is 17.7 Å². The van der Waals surface area contributed by atoms with Gasteiger partial charge in [-0.05, 0) is 18.9 Å². The zero-order valence-corrected chi connectivity index (χ0v) is 13.2. The monoisotopic (exact) mass is 330 g/mol. The van der Waals surface area contributed by atoms with Gasteiger partial charge in [-0.1, -0.05) is 12.1 Å². The number of carbonyl (C=O) groups is 1. The lowest BCUT2D eigenvalue weighted by atomic mass is 10.0. The van der Waals surface area contributed by atoms with Gasteiger partial charge >= 0.3 is 0 Å². The van der Waals surface area contributed by atoms with Gasteiger partial charge in [-0.15, -0.1) is 0 Å². The number of ether oxygens (including phenoxy) is 1. The van der Waals surface area contributed by atoms with Crippen LogP contribution in [0.15, 0.2) is 18.2 Å². The highest BCUT2D eigenvalue weighted by atomic mass is 19.1. The van der Waals surface area contributed by atoms with E-state index < -0.39 is 5.82 Å². The Bertz CT molecular complexity index is 774. The zero-order chi connectivity index (χ0) is 16.5. The average Bonchev–Trinajstić information content (AvgIpc) is 2.92. The molecule has 2 aromatic rings. The molecule has 1 aromatic heterocycles. The molecule has 1 atom stereocenters. The van der Waals surface area contributed by atoms with Crippen LogP contribution in [0, 0.1) is 5.82 Å². The second-order valence-electron chi connectivity index (χ2n) is 6.13. The number of H-pyrrole nitrogens is 1. The standard InChI is InChI=1S/C17H19FN4O2/c18-12-4-1-3-10-13(5-2-8-24-16(10)12)20-17(23)15-11-9-19-7-6-14(11)21-22-15/h1,3-4,13,19H,2,5-9H2,(H,20,23)(H,21,22). The van der Waals surface area contributed by atoms with Crippen LogP contribution in [-0.2, 0) is 13.0 Å². The molecule has 3 N–H and O–H groups in total. The van der Waals surface area contributed by atoms with E-state index >= 15 is 0 Å². The van der Waals surface area contributed by atoms with Gasteiger partial charge in [-0.3, -0.25) is 9.89 Å². The van der Waals surface area contributed by atoms with Crippen LogP contribution in [-0.4, -0.2) is 29.3 Å². The summed E-state index contributed by atoms with van der Waals surface area (Å²) in [5, 5.41) is 13.4. The summed E-state index contributed by atoms with van der Waals surface area (Å²) in [6.45, 7) is 1.96. The molecule has 1 unspecified atom stereocenters. The third-order valence-corrected chi connectivity index (χ3v) is 4.58. The molecule has 2 aliphatic heterocycles. The summed E-state index contributed by atoms with van der Waals surface area (Å²) in [7, 11) is 0. The zero-order valence-electron chi connectivity index (χ0n) is 13.2. The van der Waals surface area contributed by atoms with Crippen LogP contribution >= 0.6 is 0 Å². The minimum atomic E-state index is -0.394. The highest BCUT2D eigenvalue weighted by Gasteiger charge is 2.27. The molecule has 7 heteroatoms. The molecule has 0 radical (unpaired) electrons. The van der Waals surface area contributed by atoms with E-state index in [1.165, 1.54) is 6.07 Å². The van der Waals surface area contributed by atoms with Crippen molar-refractivity contribution in [3.63, 3.8) is 0 Å². The van der Waals surface area contributed by atoms with Crippen molar-refractivity contribution in [1.82, 2.24) is 20.8 Å². The lowest BCUT2D eigenvalue weighted by Crippen LogP contribution is -2.31. The summed E-state index contributed by atoms with van der Waals surface area (Å²) in [6.07, 6.45) is 2.28. The fourth-order valence-corrected chi connectivity index (χ4v) is 3.36. The Morgan fingerprint density at radius 1 is 1.42 bits per heavy atom. The molecule has 0 fully saturated rings. The topological polar surface area (TPSA) is 79.0 Å². The number of hydrogen-bond acceptors (Lipinski definition) is 4. The van der Waals surface area contributed by atoms with Gasteiger partial charge in [0.05, 0.1) is 12.6 Å². The molecule has 1 aromatic carbocycles. The molecule has 1 amide bonds. The first-order valence-corrected chi connectivity index (χ1v) is 8.23. The molecular weight excluding hydrogens is 311 g/mol. The maximum atomic E-state index is 14.0. The molecule has 0 saturated carbocycles. The van der Waals surface area contributed by atoms with Crippen molar-refractivity contribution in [2.75, 3.05) is 13.2 Å². The normalized spacial score (nSPS) is 19.6. The van der Waals surface area contributed by atoms with E-state index in [9.17, 15) is 9.18 Å². The first-order chi connectivity index (χ1) is 11.7. The molecule has 3 heterocycles. The fourth-order valence-electron chi connectivity index (χ4n) is 3.36. The van der Waals surface area contributed by atoms with Gasteiger partial charge < -0.3 is 15.4 Å². The molecule has 0 bridgehead atoms. The second-order valence-corrected chi connectivity index (χ2v) is 6.13. The summed E-state index contributed by atoms with van der Waals surface area (Å²) in [5.41, 5.74) is 3.03. The Morgan fingerprint density at radius 2 is 2.33 bits per heavy atom. The quantitative estimate of drug-likeness (QED) is 0.785. The van der Waals surface area contributed by atoms with Gasteiger partial charge in [-0.25, -0.2) is 4.39 Å². The number of benzene rings is 1. The molecule has 4 rings (SSSR count). The van der Waals surface area contributed by atoms with Gasteiger partial charge in [0.2, 0.25) is 0 Å². The number of aromatic nitrogens is 2. The number of amides is 1. The third-order valence-electron chi connectivity index (χ3n) is 4.58. The second kappa shape index (κ2) is 6.24. The summed E-state index contributed by atoms with van der Waals surface area (Å²) in [5.74, 6) is -0.390. The Kier molecular flexibility index (Phi) is 3.93. The predicted octanol–water partition coefficient (Wildman–Crippen LogP) is 1.84. The Labute approximate surface area is 138 Å². The first-order valence-electron chi connectivity index (χ1n) is 8.23. The minimum Gasteiger partial charge on any atom is -0.490 e. The van der Waals surface area contributed by atoms with E-state index in [0.29, 0.717) is 30.8 Å². The van der Waals surface area contributed by atoms with Crippen molar-refractivity contribution >= 4 is 5.91 Å². The van der Waals surface area contributed by atoms with Crippen LogP contribution in [0.3, 0.4) is 0 Å². The van der Waals surface area contributed by atoms with Gasteiger partial charge in [-0.2, -0.15) is 5.10 Å². The van der Waals surface area contributed by atoms with Gasteiger partial charge in [0, 0.05) is 36.3 Å². The predicted molar refractivity (Wildman–Crippen MR) is 85.3 cm³/mol. The minimum absolute atomic E-state index is 0.238. The number of para-hydroxylation sites is 1. The van der Waals surface area contributed by atoms with E-state index in [2.05, 4.69) is 20.8 Å². The van der Waals surface area contributed by atoms with Crippen LogP contribution in [0.2, 0.25) is 0 Å². The molecular formula is C17H19FN4O2. The molecule has 0 aliphatic carbocycles. The Balaban J connectivity index is 1.60. The Morgan fingerprint density at radius 3 is 3.25 bits per heavy atom. The molecule has 6 nitrogen and oxygen atoms in total. The smallest absolute Gasteiger partial charge is 0.272 e. The van der Waals surface area contributed by atoms with E-state index in [1.807, 2.05) is 0 Å². The van der Waals surface area contributed by atoms with Crippen LogP contribution < -0.4 is 15.4 Å². The number of hydrogen-bond donors (Lipinski definition) is 3. The fraction of sp³-hybridized carbons (Fsp3) is 0.412. The lowest BCUT2D eigenvalue weighted by molar-refractivity contribution is 0.0928. The number of nitrogens with one attached hydrogen (secondary N) is 3. The summed E-state index contributed by atoms with van der Waals surface area (Å²) in [6, 6.07) is 4.53. The van der Waals surface area contributed by atoms with Crippen molar-refractivity contribution in [3.05, 3.63) is 46.5 Å². The lowest BCUT2D eigenvalue weighted by Gasteiger charge is -2.19. The number of halogens is 1. The number of carbonyl (C=O) groups excluding carboxylic acids is 1. The third kappa shape index (κ3) is 2.65. The molecule has 126 valence electrons. The van der Waals surface area contributed by atoms with Crippen molar-refractivity contribution in [3.8, 4) is 5.75 Å². The maximum absolute atomic E-state index is 14.0. The van der Waals surface area contributed by atoms with Crippen molar-refractivity contribution in [2.45, 2.75) is 31.8 Å². The summed E-state index contributed by atoms with van der Waals surface area (Å²) in [4.78, 5) is 12.7. The molecule has 2 aliphatic rings. The largest absolute Gasteiger partial charge is 0.490 e. The van der Waals surface area contributed by atoms with Crippen molar-refractivity contribution in [2.24, 2.45) is 0 Å². The molecule has 0 spiro atoms. The SMILES string of the molecule is O=C(NC1CCCOc2c(F)cccc21)c1n[nH]c2c1CNCC2. The van der Waals surface area contributed by atoms with E-state index in [4.69, 9.17) is 4.74 Å². The highest BCUT2D eigenvalue weighted by molar-refractivity contribution is 5.94. The number of fused-ring (bicyclic) bond motifs is 2. The number of aromatic amines is 1. The average molecular weight is 330 g/mol.